The fraction of sp³-hybridized carbons (Fsp3) is 1.00. The molecule has 1 atom stereocenters. The zero-order valence-corrected chi connectivity index (χ0v) is 6.94. The molecule has 0 heterocycles. The lowest BCUT2D eigenvalue weighted by Gasteiger charge is -2.14. The minimum atomic E-state index is 0. The normalized spacial score (nSPS) is 22.2. The van der Waals surface area contributed by atoms with Gasteiger partial charge < -0.3 is 10.8 Å². The first kappa shape index (κ1) is 10.2. The zero-order valence-electron chi connectivity index (χ0n) is 6.12. The molecule has 0 amide bonds. The summed E-state index contributed by atoms with van der Waals surface area (Å²) in [4.78, 5) is 0. The van der Waals surface area contributed by atoms with Crippen LogP contribution < -0.4 is 5.73 Å². The Balaban J connectivity index is 0.000000810. The topological polar surface area (TPSA) is 46.2 Å². The average molecular weight is 166 g/mol. The molecule has 0 bridgehead atoms. The molecule has 0 aliphatic heterocycles. The molecule has 1 aliphatic carbocycles. The van der Waals surface area contributed by atoms with Crippen molar-refractivity contribution in [1.82, 2.24) is 0 Å². The summed E-state index contributed by atoms with van der Waals surface area (Å²) >= 11 is 0. The highest BCUT2D eigenvalue weighted by molar-refractivity contribution is 5.85. The largest absolute Gasteiger partial charge is 0.395 e. The summed E-state index contributed by atoms with van der Waals surface area (Å²) < 4.78 is 0. The van der Waals surface area contributed by atoms with Gasteiger partial charge in [0.15, 0.2) is 0 Å². The Bertz CT molecular complexity index is 83.7. The van der Waals surface area contributed by atoms with Gasteiger partial charge in [0.05, 0.1) is 6.61 Å². The van der Waals surface area contributed by atoms with Crippen LogP contribution in [0.4, 0.5) is 0 Å². The monoisotopic (exact) mass is 165 g/mol. The summed E-state index contributed by atoms with van der Waals surface area (Å²) in [7, 11) is 0. The molecular formula is C7H16ClNO. The van der Waals surface area contributed by atoms with Gasteiger partial charge in [0.1, 0.15) is 0 Å². The van der Waals surface area contributed by atoms with Crippen LogP contribution in [0.2, 0.25) is 0 Å². The lowest BCUT2D eigenvalue weighted by molar-refractivity contribution is 0.227. The van der Waals surface area contributed by atoms with E-state index in [0.717, 1.165) is 0 Å². The van der Waals surface area contributed by atoms with Crippen LogP contribution >= 0.6 is 12.4 Å². The molecule has 3 N–H and O–H groups in total. The van der Waals surface area contributed by atoms with Gasteiger partial charge in [-0.25, -0.2) is 0 Å². The average Bonchev–Trinajstić information content (AvgIpc) is 2.37. The predicted molar refractivity (Wildman–Crippen MR) is 44.3 cm³/mol. The van der Waals surface area contributed by atoms with Crippen molar-refractivity contribution in [3.63, 3.8) is 0 Å². The maximum absolute atomic E-state index is 8.67. The molecule has 10 heavy (non-hydrogen) atoms. The second kappa shape index (κ2) is 4.94. The van der Waals surface area contributed by atoms with Crippen molar-refractivity contribution in [2.75, 3.05) is 6.61 Å². The summed E-state index contributed by atoms with van der Waals surface area (Å²) in [5, 5.41) is 8.67. The predicted octanol–water partition coefficient (Wildman–Crippen LogP) is 0.918. The molecule has 0 aromatic carbocycles. The molecule has 0 saturated heterocycles. The van der Waals surface area contributed by atoms with E-state index >= 15 is 0 Å². The molecule has 0 unspecified atom stereocenters. The van der Waals surface area contributed by atoms with Crippen molar-refractivity contribution in [3.05, 3.63) is 0 Å². The van der Waals surface area contributed by atoms with Crippen molar-refractivity contribution in [1.29, 1.82) is 0 Å². The summed E-state index contributed by atoms with van der Waals surface area (Å²) in [6.07, 6.45) is 5.06. The maximum Gasteiger partial charge on any atom is 0.0585 e. The van der Waals surface area contributed by atoms with E-state index in [4.69, 9.17) is 10.8 Å². The van der Waals surface area contributed by atoms with E-state index < -0.39 is 0 Å². The van der Waals surface area contributed by atoms with Gasteiger partial charge in [-0.2, -0.15) is 0 Å². The first-order valence-corrected chi connectivity index (χ1v) is 3.71. The Morgan fingerprint density at radius 2 is 1.90 bits per heavy atom. The number of nitrogens with two attached hydrogens (primary N) is 1. The third-order valence-corrected chi connectivity index (χ3v) is 2.22. The van der Waals surface area contributed by atoms with Crippen LogP contribution in [0.5, 0.6) is 0 Å². The first-order valence-electron chi connectivity index (χ1n) is 3.71. The third-order valence-electron chi connectivity index (χ3n) is 2.22. The van der Waals surface area contributed by atoms with Crippen molar-refractivity contribution < 1.29 is 5.11 Å². The number of hydrogen-bond donors (Lipinski definition) is 2. The molecule has 2 nitrogen and oxygen atoms in total. The number of aliphatic hydroxyl groups excluding tert-OH is 1. The van der Waals surface area contributed by atoms with Crippen LogP contribution in [0.25, 0.3) is 0 Å². The number of halogens is 1. The first-order chi connectivity index (χ1) is 4.34. The quantitative estimate of drug-likeness (QED) is 0.639. The van der Waals surface area contributed by atoms with Gasteiger partial charge in [0.2, 0.25) is 0 Å². The van der Waals surface area contributed by atoms with E-state index in [0.29, 0.717) is 5.92 Å². The Hall–Kier alpha value is 0.210. The van der Waals surface area contributed by atoms with Crippen molar-refractivity contribution in [3.8, 4) is 0 Å². The Morgan fingerprint density at radius 3 is 2.30 bits per heavy atom. The molecule has 0 radical (unpaired) electrons. The van der Waals surface area contributed by atoms with Crippen LogP contribution in [0.1, 0.15) is 25.7 Å². The lowest BCUT2D eigenvalue weighted by atomic mass is 10.0. The second-order valence-electron chi connectivity index (χ2n) is 2.89. The summed E-state index contributed by atoms with van der Waals surface area (Å²) in [5.74, 6) is 0.606. The van der Waals surface area contributed by atoms with Crippen LogP contribution in [-0.4, -0.2) is 17.8 Å². The zero-order chi connectivity index (χ0) is 6.69. The Labute approximate surface area is 68.2 Å². The molecule has 1 saturated carbocycles. The Kier molecular flexibility index (Phi) is 5.04. The van der Waals surface area contributed by atoms with E-state index in [2.05, 4.69) is 0 Å². The second-order valence-corrected chi connectivity index (χ2v) is 2.89. The van der Waals surface area contributed by atoms with Gasteiger partial charge in [-0.3, -0.25) is 0 Å². The fourth-order valence-electron chi connectivity index (χ4n) is 1.53. The van der Waals surface area contributed by atoms with Crippen LogP contribution in [0.3, 0.4) is 0 Å². The fourth-order valence-corrected chi connectivity index (χ4v) is 1.53. The van der Waals surface area contributed by atoms with Crippen molar-refractivity contribution in [2.24, 2.45) is 11.7 Å². The molecule has 1 fully saturated rings. The van der Waals surface area contributed by atoms with Gasteiger partial charge in [0, 0.05) is 6.04 Å². The molecular weight excluding hydrogens is 150 g/mol. The van der Waals surface area contributed by atoms with E-state index in [1.165, 1.54) is 25.7 Å². The van der Waals surface area contributed by atoms with Crippen LogP contribution in [0, 0.1) is 5.92 Å². The van der Waals surface area contributed by atoms with Crippen molar-refractivity contribution in [2.45, 2.75) is 31.7 Å². The molecule has 3 heteroatoms. The number of rotatable bonds is 2. The van der Waals surface area contributed by atoms with E-state index in [9.17, 15) is 0 Å². The summed E-state index contributed by atoms with van der Waals surface area (Å²) in [6, 6.07) is 0.0486. The minimum Gasteiger partial charge on any atom is -0.395 e. The highest BCUT2D eigenvalue weighted by Gasteiger charge is 2.20. The van der Waals surface area contributed by atoms with E-state index in [1.54, 1.807) is 0 Å². The molecule has 1 rings (SSSR count). The molecule has 62 valence electrons. The Morgan fingerprint density at radius 1 is 1.40 bits per heavy atom. The molecule has 1 aliphatic rings. The van der Waals surface area contributed by atoms with E-state index in [1.807, 2.05) is 0 Å². The smallest absolute Gasteiger partial charge is 0.0585 e. The lowest BCUT2D eigenvalue weighted by Crippen LogP contribution is -2.31. The molecule has 0 aromatic heterocycles. The summed E-state index contributed by atoms with van der Waals surface area (Å²) in [6.45, 7) is 0.157. The molecule has 0 spiro atoms. The maximum atomic E-state index is 8.67. The van der Waals surface area contributed by atoms with Gasteiger partial charge in [-0.05, 0) is 18.8 Å². The highest BCUT2D eigenvalue weighted by Crippen LogP contribution is 2.26. The minimum absolute atomic E-state index is 0. The van der Waals surface area contributed by atoms with Crippen LogP contribution in [0.15, 0.2) is 0 Å². The summed E-state index contributed by atoms with van der Waals surface area (Å²) in [5.41, 5.74) is 5.63. The van der Waals surface area contributed by atoms with E-state index in [-0.39, 0.29) is 25.1 Å². The third kappa shape index (κ3) is 2.45. The van der Waals surface area contributed by atoms with Gasteiger partial charge >= 0.3 is 0 Å². The SMILES string of the molecule is Cl.N[C@@H](CO)C1CCCC1. The highest BCUT2D eigenvalue weighted by atomic mass is 35.5. The van der Waals surface area contributed by atoms with Gasteiger partial charge in [0.25, 0.3) is 0 Å². The standard InChI is InChI=1S/C7H15NO.ClH/c8-7(5-9)6-3-1-2-4-6;/h6-7,9H,1-5,8H2;1H/t7-;/m0./s1. The van der Waals surface area contributed by atoms with Crippen LogP contribution in [-0.2, 0) is 0 Å². The number of hydrogen-bond acceptors (Lipinski definition) is 2. The van der Waals surface area contributed by atoms with Gasteiger partial charge in [-0.15, -0.1) is 12.4 Å². The van der Waals surface area contributed by atoms with Crippen molar-refractivity contribution >= 4 is 12.4 Å². The molecule has 0 aromatic rings. The van der Waals surface area contributed by atoms with Gasteiger partial charge in [-0.1, -0.05) is 12.8 Å². The number of aliphatic hydroxyl groups is 1.